The summed E-state index contributed by atoms with van der Waals surface area (Å²) in [6.45, 7) is 1.17. The second-order valence-corrected chi connectivity index (χ2v) is 5.18. The van der Waals surface area contributed by atoms with Crippen molar-refractivity contribution in [2.24, 2.45) is 5.92 Å². The van der Waals surface area contributed by atoms with Gasteiger partial charge in [-0.3, -0.25) is 0 Å². The standard InChI is InChI=1S/C14H19NO/c16-12-6-7-13-11(8-12)2-1-3-14(13)15-9-10-4-5-10/h6-8,10,14-16H,1-5,9H2. The minimum atomic E-state index is 0.404. The van der Waals surface area contributed by atoms with Crippen LogP contribution in [0.1, 0.15) is 42.9 Å². The number of hydrogen-bond acceptors (Lipinski definition) is 2. The molecule has 0 amide bonds. The fourth-order valence-electron chi connectivity index (χ4n) is 2.64. The van der Waals surface area contributed by atoms with E-state index in [4.69, 9.17) is 0 Å². The predicted octanol–water partition coefficient (Wildman–Crippen LogP) is 2.77. The second kappa shape index (κ2) is 4.10. The summed E-state index contributed by atoms with van der Waals surface area (Å²) in [6, 6.07) is 6.36. The highest BCUT2D eigenvalue weighted by molar-refractivity contribution is 5.38. The van der Waals surface area contributed by atoms with Crippen LogP contribution < -0.4 is 5.32 Å². The molecule has 0 spiro atoms. The molecule has 2 heteroatoms. The van der Waals surface area contributed by atoms with E-state index >= 15 is 0 Å². The van der Waals surface area contributed by atoms with Crippen molar-refractivity contribution in [1.82, 2.24) is 5.32 Å². The van der Waals surface area contributed by atoms with E-state index in [9.17, 15) is 5.11 Å². The Kier molecular flexibility index (Phi) is 2.60. The van der Waals surface area contributed by atoms with Crippen molar-refractivity contribution in [3.05, 3.63) is 29.3 Å². The minimum absolute atomic E-state index is 0.404. The Balaban J connectivity index is 1.76. The third kappa shape index (κ3) is 2.07. The number of phenolic OH excluding ortho intramolecular Hbond substituents is 1. The minimum Gasteiger partial charge on any atom is -0.508 e. The molecule has 1 atom stereocenters. The van der Waals surface area contributed by atoms with Gasteiger partial charge in [0.2, 0.25) is 0 Å². The van der Waals surface area contributed by atoms with E-state index in [1.54, 1.807) is 0 Å². The zero-order valence-corrected chi connectivity index (χ0v) is 9.58. The summed E-state index contributed by atoms with van der Waals surface area (Å²) in [6.07, 6.45) is 6.40. The van der Waals surface area contributed by atoms with Crippen LogP contribution in [0.15, 0.2) is 18.2 Å². The molecule has 1 fully saturated rings. The lowest BCUT2D eigenvalue weighted by molar-refractivity contribution is 0.443. The molecule has 2 aliphatic carbocycles. The van der Waals surface area contributed by atoms with Crippen molar-refractivity contribution in [2.45, 2.75) is 38.1 Å². The van der Waals surface area contributed by atoms with Crippen LogP contribution in [0.5, 0.6) is 5.75 Å². The number of benzene rings is 1. The Hall–Kier alpha value is -1.02. The summed E-state index contributed by atoms with van der Waals surface area (Å²) in [7, 11) is 0. The summed E-state index contributed by atoms with van der Waals surface area (Å²) in [4.78, 5) is 0. The van der Waals surface area contributed by atoms with Crippen molar-refractivity contribution in [3.63, 3.8) is 0 Å². The van der Waals surface area contributed by atoms with Gasteiger partial charge in [-0.25, -0.2) is 0 Å². The zero-order valence-electron chi connectivity index (χ0n) is 9.58. The number of fused-ring (bicyclic) bond motifs is 1. The first-order chi connectivity index (χ1) is 7.83. The Bertz CT molecular complexity index is 384. The largest absolute Gasteiger partial charge is 0.508 e. The first-order valence-corrected chi connectivity index (χ1v) is 6.38. The second-order valence-electron chi connectivity index (χ2n) is 5.18. The highest BCUT2D eigenvalue weighted by Gasteiger charge is 2.25. The summed E-state index contributed by atoms with van der Waals surface area (Å²) in [5.74, 6) is 1.34. The maximum absolute atomic E-state index is 9.48. The summed E-state index contributed by atoms with van der Waals surface area (Å²) < 4.78 is 0. The number of aromatic hydroxyl groups is 1. The maximum atomic E-state index is 9.48. The smallest absolute Gasteiger partial charge is 0.115 e. The molecule has 0 aliphatic heterocycles. The van der Waals surface area contributed by atoms with Gasteiger partial charge in [-0.2, -0.15) is 0 Å². The van der Waals surface area contributed by atoms with E-state index in [-0.39, 0.29) is 0 Å². The predicted molar refractivity (Wildman–Crippen MR) is 64.5 cm³/mol. The fraction of sp³-hybridized carbons (Fsp3) is 0.571. The van der Waals surface area contributed by atoms with Gasteiger partial charge in [0.1, 0.15) is 5.75 Å². The molecule has 3 rings (SSSR count). The van der Waals surface area contributed by atoms with Crippen molar-refractivity contribution in [3.8, 4) is 5.75 Å². The lowest BCUT2D eigenvalue weighted by atomic mass is 9.87. The third-order valence-electron chi connectivity index (χ3n) is 3.79. The summed E-state index contributed by atoms with van der Waals surface area (Å²) in [5, 5.41) is 13.2. The van der Waals surface area contributed by atoms with E-state index in [0.717, 1.165) is 12.3 Å². The van der Waals surface area contributed by atoms with Gasteiger partial charge in [-0.1, -0.05) is 6.07 Å². The molecule has 1 aromatic carbocycles. The SMILES string of the molecule is Oc1ccc2c(c1)CCCC2NCC1CC1. The molecule has 0 saturated heterocycles. The van der Waals surface area contributed by atoms with E-state index in [1.165, 1.54) is 43.4 Å². The van der Waals surface area contributed by atoms with Crippen LogP contribution >= 0.6 is 0 Å². The van der Waals surface area contributed by atoms with Gasteiger partial charge in [0, 0.05) is 6.04 Å². The molecule has 16 heavy (non-hydrogen) atoms. The van der Waals surface area contributed by atoms with Crippen molar-refractivity contribution < 1.29 is 5.11 Å². The molecule has 2 aliphatic rings. The average molecular weight is 217 g/mol. The van der Waals surface area contributed by atoms with E-state index < -0.39 is 0 Å². The van der Waals surface area contributed by atoms with Gasteiger partial charge in [0.15, 0.2) is 0 Å². The van der Waals surface area contributed by atoms with Gasteiger partial charge in [0.05, 0.1) is 0 Å². The molecule has 0 heterocycles. The molecule has 0 bridgehead atoms. The van der Waals surface area contributed by atoms with Gasteiger partial charge >= 0.3 is 0 Å². The zero-order chi connectivity index (χ0) is 11.0. The van der Waals surface area contributed by atoms with Crippen molar-refractivity contribution >= 4 is 0 Å². The summed E-state index contributed by atoms with van der Waals surface area (Å²) in [5.41, 5.74) is 2.74. The number of phenols is 1. The van der Waals surface area contributed by atoms with E-state index in [1.807, 2.05) is 12.1 Å². The highest BCUT2D eigenvalue weighted by atomic mass is 16.3. The van der Waals surface area contributed by atoms with Gasteiger partial charge < -0.3 is 10.4 Å². The molecule has 86 valence electrons. The molecule has 2 nitrogen and oxygen atoms in total. The fourth-order valence-corrected chi connectivity index (χ4v) is 2.64. The molecule has 0 radical (unpaired) electrons. The average Bonchev–Trinajstić information content (AvgIpc) is 3.09. The Morgan fingerprint density at radius 2 is 2.12 bits per heavy atom. The number of nitrogens with one attached hydrogen (secondary N) is 1. The molecule has 1 saturated carbocycles. The quantitative estimate of drug-likeness (QED) is 0.816. The molecule has 1 aromatic rings. The van der Waals surface area contributed by atoms with Crippen molar-refractivity contribution in [1.29, 1.82) is 0 Å². The molecule has 0 aromatic heterocycles. The normalized spacial score (nSPS) is 24.1. The number of aryl methyl sites for hydroxylation is 1. The maximum Gasteiger partial charge on any atom is 0.115 e. The van der Waals surface area contributed by atoms with Crippen LogP contribution in [0, 0.1) is 5.92 Å². The van der Waals surface area contributed by atoms with Crippen LogP contribution in [0.2, 0.25) is 0 Å². The monoisotopic (exact) mass is 217 g/mol. The van der Waals surface area contributed by atoms with Crippen LogP contribution in [-0.4, -0.2) is 11.7 Å². The van der Waals surface area contributed by atoms with Crippen LogP contribution in [-0.2, 0) is 6.42 Å². The lowest BCUT2D eigenvalue weighted by Gasteiger charge is -2.26. The first kappa shape index (κ1) is 10.2. The summed E-state index contributed by atoms with van der Waals surface area (Å²) >= 11 is 0. The van der Waals surface area contributed by atoms with E-state index in [2.05, 4.69) is 11.4 Å². The van der Waals surface area contributed by atoms with Gasteiger partial charge in [-0.15, -0.1) is 0 Å². The molecule has 2 N–H and O–H groups in total. The Morgan fingerprint density at radius 3 is 2.94 bits per heavy atom. The van der Waals surface area contributed by atoms with E-state index in [0.29, 0.717) is 11.8 Å². The Labute approximate surface area is 96.7 Å². The molecule has 1 unspecified atom stereocenters. The van der Waals surface area contributed by atoms with Crippen LogP contribution in [0.3, 0.4) is 0 Å². The lowest BCUT2D eigenvalue weighted by Crippen LogP contribution is -2.26. The van der Waals surface area contributed by atoms with Crippen LogP contribution in [0.25, 0.3) is 0 Å². The number of hydrogen-bond donors (Lipinski definition) is 2. The third-order valence-corrected chi connectivity index (χ3v) is 3.79. The Morgan fingerprint density at radius 1 is 1.25 bits per heavy atom. The van der Waals surface area contributed by atoms with Crippen LogP contribution in [0.4, 0.5) is 0 Å². The number of rotatable bonds is 3. The van der Waals surface area contributed by atoms with Gasteiger partial charge in [0.25, 0.3) is 0 Å². The first-order valence-electron chi connectivity index (χ1n) is 6.38. The molecular formula is C14H19NO. The van der Waals surface area contributed by atoms with Crippen molar-refractivity contribution in [2.75, 3.05) is 6.54 Å². The topological polar surface area (TPSA) is 32.3 Å². The van der Waals surface area contributed by atoms with Gasteiger partial charge in [-0.05, 0) is 67.8 Å². The highest BCUT2D eigenvalue weighted by Crippen LogP contribution is 2.33. The molecular weight excluding hydrogens is 198 g/mol.